The standard InChI is InChI=1S/C10H9BrN2O5S/c11-6-1-2-7(8(3-6)13(17)18)12-9(14)4-19-5-10(15)16/h1-3H,4-5H2,(H,12,14)(H,15,16). The van der Waals surface area contributed by atoms with Crippen LogP contribution < -0.4 is 5.32 Å². The zero-order chi connectivity index (χ0) is 14.4. The number of carbonyl (C=O) groups is 2. The number of carboxylic acid groups (broad SMARTS) is 1. The summed E-state index contributed by atoms with van der Waals surface area (Å²) in [5.41, 5.74) is -0.153. The second kappa shape index (κ2) is 7.10. The van der Waals surface area contributed by atoms with Gasteiger partial charge in [-0.3, -0.25) is 19.7 Å². The lowest BCUT2D eigenvalue weighted by atomic mass is 10.2. The monoisotopic (exact) mass is 348 g/mol. The molecule has 0 atom stereocenters. The van der Waals surface area contributed by atoms with Gasteiger partial charge in [0.1, 0.15) is 5.69 Å². The summed E-state index contributed by atoms with van der Waals surface area (Å²) in [6.45, 7) is 0. The zero-order valence-electron chi connectivity index (χ0n) is 9.46. The molecule has 0 radical (unpaired) electrons. The number of benzene rings is 1. The van der Waals surface area contributed by atoms with Crippen molar-refractivity contribution in [2.24, 2.45) is 0 Å². The zero-order valence-corrected chi connectivity index (χ0v) is 11.9. The van der Waals surface area contributed by atoms with Crippen LogP contribution in [0.2, 0.25) is 0 Å². The fourth-order valence-electron chi connectivity index (χ4n) is 1.18. The van der Waals surface area contributed by atoms with Crippen LogP contribution in [0.5, 0.6) is 0 Å². The second-order valence-corrected chi connectivity index (χ2v) is 5.25. The van der Waals surface area contributed by atoms with Crippen molar-refractivity contribution in [2.75, 3.05) is 16.8 Å². The fraction of sp³-hybridized carbons (Fsp3) is 0.200. The predicted octanol–water partition coefficient (Wildman–Crippen LogP) is 2.11. The molecular weight excluding hydrogens is 340 g/mol. The van der Waals surface area contributed by atoms with Crippen molar-refractivity contribution in [1.29, 1.82) is 0 Å². The molecule has 0 heterocycles. The Kier molecular flexibility index (Phi) is 5.77. The van der Waals surface area contributed by atoms with Gasteiger partial charge in [-0.05, 0) is 12.1 Å². The summed E-state index contributed by atoms with van der Waals surface area (Å²) in [4.78, 5) is 32.0. The van der Waals surface area contributed by atoms with E-state index in [1.807, 2.05) is 0 Å². The SMILES string of the molecule is O=C(O)CSCC(=O)Nc1ccc(Br)cc1[N+](=O)[O-]. The van der Waals surface area contributed by atoms with Crippen LogP contribution >= 0.6 is 27.7 Å². The van der Waals surface area contributed by atoms with E-state index in [9.17, 15) is 19.7 Å². The van der Waals surface area contributed by atoms with Gasteiger partial charge in [0.05, 0.1) is 16.4 Å². The highest BCUT2D eigenvalue weighted by atomic mass is 79.9. The number of aliphatic carboxylic acids is 1. The Balaban J connectivity index is 2.68. The first kappa shape index (κ1) is 15.4. The van der Waals surface area contributed by atoms with Crippen LogP contribution in [0.3, 0.4) is 0 Å². The van der Waals surface area contributed by atoms with Crippen molar-refractivity contribution >= 4 is 50.9 Å². The first-order chi connectivity index (χ1) is 8.90. The number of nitro groups is 1. The van der Waals surface area contributed by atoms with E-state index in [1.165, 1.54) is 12.1 Å². The van der Waals surface area contributed by atoms with E-state index in [-0.39, 0.29) is 22.9 Å². The van der Waals surface area contributed by atoms with Crippen molar-refractivity contribution in [3.8, 4) is 0 Å². The van der Waals surface area contributed by atoms with Crippen molar-refractivity contribution in [2.45, 2.75) is 0 Å². The van der Waals surface area contributed by atoms with Gasteiger partial charge in [-0.2, -0.15) is 0 Å². The Bertz CT molecular complexity index is 523. The van der Waals surface area contributed by atoms with Gasteiger partial charge in [0.25, 0.3) is 5.69 Å². The Morgan fingerprint density at radius 2 is 2.11 bits per heavy atom. The number of amides is 1. The molecule has 0 unspecified atom stereocenters. The van der Waals surface area contributed by atoms with Crippen LogP contribution in [0.1, 0.15) is 0 Å². The van der Waals surface area contributed by atoms with E-state index in [0.29, 0.717) is 4.47 Å². The average molecular weight is 349 g/mol. The molecule has 9 heteroatoms. The van der Waals surface area contributed by atoms with Crippen LogP contribution in [0.25, 0.3) is 0 Å². The van der Waals surface area contributed by atoms with Crippen LogP contribution in [0, 0.1) is 10.1 Å². The number of anilines is 1. The smallest absolute Gasteiger partial charge is 0.313 e. The Morgan fingerprint density at radius 1 is 1.42 bits per heavy atom. The molecule has 7 nitrogen and oxygen atoms in total. The maximum atomic E-state index is 11.5. The number of carbonyl (C=O) groups excluding carboxylic acids is 1. The molecule has 1 rings (SSSR count). The summed E-state index contributed by atoms with van der Waals surface area (Å²) in [7, 11) is 0. The van der Waals surface area contributed by atoms with Crippen LogP contribution in [0.15, 0.2) is 22.7 Å². The summed E-state index contributed by atoms with van der Waals surface area (Å²) in [5.74, 6) is -1.79. The van der Waals surface area contributed by atoms with E-state index in [0.717, 1.165) is 11.8 Å². The Morgan fingerprint density at radius 3 is 2.68 bits per heavy atom. The first-order valence-electron chi connectivity index (χ1n) is 4.93. The summed E-state index contributed by atoms with van der Waals surface area (Å²) < 4.78 is 0.525. The van der Waals surface area contributed by atoms with Crippen LogP contribution in [-0.2, 0) is 9.59 Å². The number of hydrogen-bond acceptors (Lipinski definition) is 5. The number of rotatable bonds is 6. The number of nitro benzene ring substituents is 1. The lowest BCUT2D eigenvalue weighted by molar-refractivity contribution is -0.384. The number of nitrogens with one attached hydrogen (secondary N) is 1. The summed E-state index contributed by atoms with van der Waals surface area (Å²) in [5, 5.41) is 21.6. The van der Waals surface area contributed by atoms with Gasteiger partial charge in [-0.1, -0.05) is 15.9 Å². The lowest BCUT2D eigenvalue weighted by Gasteiger charge is -2.05. The maximum absolute atomic E-state index is 11.5. The molecule has 102 valence electrons. The van der Waals surface area contributed by atoms with E-state index >= 15 is 0 Å². The number of hydrogen-bond donors (Lipinski definition) is 2. The van der Waals surface area contributed by atoms with E-state index in [1.54, 1.807) is 6.07 Å². The molecule has 1 aromatic carbocycles. The van der Waals surface area contributed by atoms with Gasteiger partial charge in [-0.15, -0.1) is 11.8 Å². The minimum Gasteiger partial charge on any atom is -0.481 e. The summed E-state index contributed by atoms with van der Waals surface area (Å²) >= 11 is 4.02. The van der Waals surface area contributed by atoms with Crippen LogP contribution in [0.4, 0.5) is 11.4 Å². The molecular formula is C10H9BrN2O5S. The molecule has 0 aliphatic rings. The molecule has 0 fully saturated rings. The Labute approximate surface area is 120 Å². The predicted molar refractivity (Wildman–Crippen MR) is 74.4 cm³/mol. The lowest BCUT2D eigenvalue weighted by Crippen LogP contribution is -2.16. The van der Waals surface area contributed by atoms with Crippen LogP contribution in [-0.4, -0.2) is 33.4 Å². The molecule has 2 N–H and O–H groups in total. The minimum absolute atomic E-state index is 0.0779. The topological polar surface area (TPSA) is 110 Å². The van der Waals surface area contributed by atoms with Gasteiger partial charge in [0.2, 0.25) is 5.91 Å². The molecule has 1 aromatic rings. The van der Waals surface area contributed by atoms with Gasteiger partial charge in [0.15, 0.2) is 0 Å². The van der Waals surface area contributed by atoms with Crippen molar-refractivity contribution in [3.05, 3.63) is 32.8 Å². The highest BCUT2D eigenvalue weighted by Gasteiger charge is 2.16. The van der Waals surface area contributed by atoms with Crippen molar-refractivity contribution < 1.29 is 19.6 Å². The molecule has 0 saturated carbocycles. The minimum atomic E-state index is -1.02. The molecule has 0 saturated heterocycles. The molecule has 19 heavy (non-hydrogen) atoms. The van der Waals surface area contributed by atoms with Gasteiger partial charge < -0.3 is 10.4 Å². The van der Waals surface area contributed by atoms with Crippen molar-refractivity contribution in [3.63, 3.8) is 0 Å². The second-order valence-electron chi connectivity index (χ2n) is 3.35. The number of halogens is 1. The summed E-state index contributed by atoms with van der Waals surface area (Å²) in [6, 6.07) is 4.25. The largest absolute Gasteiger partial charge is 0.481 e. The van der Waals surface area contributed by atoms with E-state index in [2.05, 4.69) is 21.2 Å². The third kappa shape index (κ3) is 5.26. The molecule has 1 amide bonds. The summed E-state index contributed by atoms with van der Waals surface area (Å²) in [6.07, 6.45) is 0. The highest BCUT2D eigenvalue weighted by Crippen LogP contribution is 2.28. The van der Waals surface area contributed by atoms with Gasteiger partial charge >= 0.3 is 5.97 Å². The number of thioether (sulfide) groups is 1. The fourth-order valence-corrected chi connectivity index (χ4v) is 2.06. The van der Waals surface area contributed by atoms with E-state index < -0.39 is 16.8 Å². The quantitative estimate of drug-likeness (QED) is 0.601. The highest BCUT2D eigenvalue weighted by molar-refractivity contribution is 9.10. The first-order valence-corrected chi connectivity index (χ1v) is 6.88. The molecule has 0 spiro atoms. The molecule has 0 aliphatic carbocycles. The van der Waals surface area contributed by atoms with Crippen molar-refractivity contribution in [1.82, 2.24) is 0 Å². The molecule has 0 bridgehead atoms. The molecule has 0 aromatic heterocycles. The normalized spacial score (nSPS) is 9.95. The molecule has 0 aliphatic heterocycles. The maximum Gasteiger partial charge on any atom is 0.313 e. The van der Waals surface area contributed by atoms with Gasteiger partial charge in [-0.25, -0.2) is 0 Å². The van der Waals surface area contributed by atoms with Gasteiger partial charge in [0, 0.05) is 10.5 Å². The number of nitrogens with zero attached hydrogens (tertiary/aromatic N) is 1. The van der Waals surface area contributed by atoms with E-state index in [4.69, 9.17) is 5.11 Å². The third-order valence-electron chi connectivity index (χ3n) is 1.89. The number of carboxylic acids is 1. The Hall–Kier alpha value is -1.61. The third-order valence-corrected chi connectivity index (χ3v) is 3.30. The average Bonchev–Trinajstić information content (AvgIpc) is 2.30.